The molecule has 0 aromatic carbocycles. The van der Waals surface area contributed by atoms with Crippen LogP contribution in [-0.4, -0.2) is 66.2 Å². The number of esters is 1. The first-order chi connectivity index (χ1) is 16.8. The van der Waals surface area contributed by atoms with Crippen LogP contribution in [0.1, 0.15) is 39.0 Å². The number of rotatable bonds is 15. The Morgan fingerprint density at radius 2 is 1.18 bits per heavy atom. The van der Waals surface area contributed by atoms with Gasteiger partial charge in [-0.15, -0.1) is 6.58 Å². The molecule has 19 heteroatoms. The molecule has 0 aliphatic heterocycles. The highest BCUT2D eigenvalue weighted by Gasteiger charge is 2.94. The van der Waals surface area contributed by atoms with E-state index in [-0.39, 0.29) is 6.42 Å². The smallest absolute Gasteiger partial charge is 0.460 e. The summed E-state index contributed by atoms with van der Waals surface area (Å²) >= 11 is 0. The predicted octanol–water partition coefficient (Wildman–Crippen LogP) is 6.54. The highest BCUT2D eigenvalue weighted by Crippen LogP contribution is 2.62. The molecule has 38 heavy (non-hydrogen) atoms. The number of halogens is 15. The van der Waals surface area contributed by atoms with Crippen LogP contribution in [0.2, 0.25) is 0 Å². The van der Waals surface area contributed by atoms with Crippen LogP contribution < -0.4 is 5.32 Å². The molecule has 0 aliphatic rings. The van der Waals surface area contributed by atoms with Gasteiger partial charge in [-0.3, -0.25) is 4.79 Å². The lowest BCUT2D eigenvalue weighted by atomic mass is 9.90. The second kappa shape index (κ2) is 11.8. The molecule has 0 aromatic heterocycles. The van der Waals surface area contributed by atoms with Crippen LogP contribution in [0.15, 0.2) is 12.7 Å². The van der Waals surface area contributed by atoms with Crippen molar-refractivity contribution in [3.8, 4) is 0 Å². The van der Waals surface area contributed by atoms with Crippen LogP contribution in [0.3, 0.4) is 0 Å². The number of ether oxygens (including phenoxy) is 1. The zero-order valence-electron chi connectivity index (χ0n) is 19.0. The largest absolute Gasteiger partial charge is 0.464 e. The number of nitrogens with one attached hydrogen (secondary N) is 1. The molecule has 0 spiro atoms. The van der Waals surface area contributed by atoms with E-state index in [2.05, 4.69) is 11.3 Å². The molecule has 0 rings (SSSR count). The Hall–Kier alpha value is -2.37. The Labute approximate surface area is 204 Å². The van der Waals surface area contributed by atoms with Gasteiger partial charge in [-0.2, -0.15) is 65.9 Å². The van der Waals surface area contributed by atoms with Crippen LogP contribution in [0.25, 0.3) is 0 Å². The average Bonchev–Trinajstić information content (AvgIpc) is 2.76. The molecule has 0 fully saturated rings. The summed E-state index contributed by atoms with van der Waals surface area (Å²) in [5.74, 6) is -54.0. The molecule has 0 radical (unpaired) electrons. The highest BCUT2D eigenvalue weighted by atomic mass is 19.4. The minimum absolute atomic E-state index is 0.181. The molecule has 0 saturated carbocycles. The molecule has 0 aromatic rings. The summed E-state index contributed by atoms with van der Waals surface area (Å²) in [5, 5.41) is 0.724. The molecule has 1 amide bonds. The molecule has 0 bridgehead atoms. The van der Waals surface area contributed by atoms with Gasteiger partial charge in [0.1, 0.15) is 6.04 Å². The molecule has 1 atom stereocenters. The van der Waals surface area contributed by atoms with Crippen LogP contribution in [0, 0.1) is 0 Å². The van der Waals surface area contributed by atoms with Crippen molar-refractivity contribution < 1.29 is 80.2 Å². The normalized spacial score (nSPS) is 15.2. The summed E-state index contributed by atoms with van der Waals surface area (Å²) in [6.07, 6.45) is -5.94. The van der Waals surface area contributed by atoms with Crippen LogP contribution >= 0.6 is 0 Å². The summed E-state index contributed by atoms with van der Waals surface area (Å²) in [4.78, 5) is 23.5. The van der Waals surface area contributed by atoms with E-state index in [4.69, 9.17) is 0 Å². The summed E-state index contributed by atoms with van der Waals surface area (Å²) in [6.45, 7) is 4.38. The van der Waals surface area contributed by atoms with E-state index in [0.29, 0.717) is 18.9 Å². The maximum absolute atomic E-state index is 14.0. The SMILES string of the molecule is C=CCC(NC(=O)C(F)(F)C(F)(F)C(F)(F)C(F)(F)C(F)(F)C(F)(F)C(F)(F)F)C(=O)OCCCCCC. The van der Waals surface area contributed by atoms with E-state index >= 15 is 0 Å². The molecular formula is C19H20F15NO3. The van der Waals surface area contributed by atoms with Gasteiger partial charge in [-0.05, 0) is 12.8 Å². The molecule has 1 unspecified atom stereocenters. The quantitative estimate of drug-likeness (QED) is 0.101. The number of alkyl halides is 15. The van der Waals surface area contributed by atoms with Crippen molar-refractivity contribution in [2.24, 2.45) is 0 Å². The lowest BCUT2D eigenvalue weighted by molar-refractivity contribution is -0.449. The van der Waals surface area contributed by atoms with Gasteiger partial charge in [0.05, 0.1) is 6.61 Å². The van der Waals surface area contributed by atoms with Crippen LogP contribution in [0.4, 0.5) is 65.9 Å². The minimum Gasteiger partial charge on any atom is -0.464 e. The number of carbonyl (C=O) groups excluding carboxylic acids is 2. The first-order valence-corrected chi connectivity index (χ1v) is 10.2. The first-order valence-electron chi connectivity index (χ1n) is 10.2. The van der Waals surface area contributed by atoms with Crippen LogP contribution in [-0.2, 0) is 14.3 Å². The van der Waals surface area contributed by atoms with E-state index in [1.165, 1.54) is 0 Å². The topological polar surface area (TPSA) is 55.4 Å². The van der Waals surface area contributed by atoms with Crippen molar-refractivity contribution in [1.82, 2.24) is 5.32 Å². The van der Waals surface area contributed by atoms with Gasteiger partial charge in [0.2, 0.25) is 0 Å². The molecule has 1 N–H and O–H groups in total. The van der Waals surface area contributed by atoms with Crippen molar-refractivity contribution >= 4 is 11.9 Å². The highest BCUT2D eigenvalue weighted by molar-refractivity contribution is 5.89. The van der Waals surface area contributed by atoms with E-state index < -0.39 is 72.7 Å². The van der Waals surface area contributed by atoms with Crippen LogP contribution in [0.5, 0.6) is 0 Å². The average molecular weight is 595 g/mol. The second-order valence-corrected chi connectivity index (χ2v) is 7.72. The van der Waals surface area contributed by atoms with Gasteiger partial charge < -0.3 is 10.1 Å². The number of hydrogen-bond acceptors (Lipinski definition) is 3. The van der Waals surface area contributed by atoms with Gasteiger partial charge in [-0.1, -0.05) is 32.3 Å². The van der Waals surface area contributed by atoms with Crippen molar-refractivity contribution in [3.05, 3.63) is 12.7 Å². The third kappa shape index (κ3) is 6.26. The Bertz CT molecular complexity index is 840. The molecule has 224 valence electrons. The summed E-state index contributed by atoms with van der Waals surface area (Å²) in [6, 6.07) is -2.39. The van der Waals surface area contributed by atoms with E-state index in [9.17, 15) is 75.4 Å². The first kappa shape index (κ1) is 35.6. The van der Waals surface area contributed by atoms with Gasteiger partial charge in [0, 0.05) is 0 Å². The second-order valence-electron chi connectivity index (χ2n) is 7.72. The Kier molecular flexibility index (Phi) is 11.1. The number of hydrogen-bond donors (Lipinski definition) is 1. The molecule has 0 aliphatic carbocycles. The molecular weight excluding hydrogens is 575 g/mol. The maximum Gasteiger partial charge on any atom is 0.460 e. The van der Waals surface area contributed by atoms with E-state index in [1.54, 1.807) is 6.92 Å². The predicted molar refractivity (Wildman–Crippen MR) is 97.6 cm³/mol. The molecule has 4 nitrogen and oxygen atoms in total. The standard InChI is InChI=1S/C19H20F15NO3/c1-3-5-6-7-9-38-11(36)10(8-4-2)35-12(37)13(20,21)14(22,23)15(24,25)16(26,27)17(28,29)18(30,31)19(32,33)34/h4,10H,2-3,5-9H2,1H3,(H,35,37). The van der Waals surface area contributed by atoms with Crippen molar-refractivity contribution in [2.45, 2.75) is 86.8 Å². The fraction of sp³-hybridized carbons (Fsp3) is 0.789. The Morgan fingerprint density at radius 1 is 0.737 bits per heavy atom. The fourth-order valence-corrected chi connectivity index (χ4v) is 2.54. The van der Waals surface area contributed by atoms with Gasteiger partial charge >= 0.3 is 47.7 Å². The summed E-state index contributed by atoms with van der Waals surface area (Å²) in [7, 11) is 0. The Balaban J connectivity index is 6.16. The maximum atomic E-state index is 14.0. The number of carbonyl (C=O) groups is 2. The molecule has 0 saturated heterocycles. The van der Waals surface area contributed by atoms with Gasteiger partial charge in [0.15, 0.2) is 0 Å². The summed E-state index contributed by atoms with van der Waals surface area (Å²) in [5.41, 5.74) is 0. The lowest BCUT2D eigenvalue weighted by Crippen LogP contribution is -2.74. The third-order valence-corrected chi connectivity index (χ3v) is 4.85. The lowest BCUT2D eigenvalue weighted by Gasteiger charge is -2.41. The monoisotopic (exact) mass is 595 g/mol. The zero-order valence-corrected chi connectivity index (χ0v) is 19.0. The number of unbranched alkanes of at least 4 members (excludes halogenated alkanes) is 3. The van der Waals surface area contributed by atoms with Crippen molar-refractivity contribution in [1.29, 1.82) is 0 Å². The summed E-state index contributed by atoms with van der Waals surface area (Å²) < 4.78 is 203. The van der Waals surface area contributed by atoms with Gasteiger partial charge in [-0.25, -0.2) is 4.79 Å². The van der Waals surface area contributed by atoms with Crippen molar-refractivity contribution in [2.75, 3.05) is 6.61 Å². The third-order valence-electron chi connectivity index (χ3n) is 4.85. The van der Waals surface area contributed by atoms with E-state index in [0.717, 1.165) is 11.7 Å². The number of amides is 1. The fourth-order valence-electron chi connectivity index (χ4n) is 2.54. The zero-order chi connectivity index (χ0) is 30.6. The minimum atomic E-state index is -8.52. The van der Waals surface area contributed by atoms with Gasteiger partial charge in [0.25, 0.3) is 5.91 Å². The van der Waals surface area contributed by atoms with Crippen molar-refractivity contribution in [3.63, 3.8) is 0 Å². The molecule has 0 heterocycles. The Morgan fingerprint density at radius 3 is 1.61 bits per heavy atom. The van der Waals surface area contributed by atoms with E-state index in [1.807, 2.05) is 0 Å².